The first kappa shape index (κ1) is 12.4. The highest BCUT2D eigenvalue weighted by molar-refractivity contribution is 6.30. The monoisotopic (exact) mass is 269 g/mol. The molecule has 3 rings (SSSR count). The van der Waals surface area contributed by atoms with Crippen LogP contribution in [0.15, 0.2) is 53.5 Å². The van der Waals surface area contributed by atoms with Gasteiger partial charge in [0.05, 0.1) is 0 Å². The third kappa shape index (κ3) is 2.31. The minimum atomic E-state index is 0.431. The fourth-order valence-electron chi connectivity index (χ4n) is 2.94. The van der Waals surface area contributed by atoms with Crippen LogP contribution in [0.5, 0.6) is 0 Å². The number of benzene rings is 2. The van der Waals surface area contributed by atoms with Gasteiger partial charge >= 0.3 is 0 Å². The molecular formula is C17H16ClN. The SMILES string of the molecule is CN=C1CCC(c2cccc(Cl)c2)c2ccccc21. The van der Waals surface area contributed by atoms with E-state index in [0.29, 0.717) is 5.92 Å². The smallest absolute Gasteiger partial charge is 0.0420 e. The summed E-state index contributed by atoms with van der Waals surface area (Å²) in [4.78, 5) is 4.43. The molecule has 2 aromatic rings. The molecule has 1 nitrogen and oxygen atoms in total. The average Bonchev–Trinajstić information content (AvgIpc) is 2.46. The molecule has 0 radical (unpaired) electrons. The van der Waals surface area contributed by atoms with Gasteiger partial charge in [0.15, 0.2) is 0 Å². The van der Waals surface area contributed by atoms with E-state index in [9.17, 15) is 0 Å². The molecule has 0 N–H and O–H groups in total. The Morgan fingerprint density at radius 2 is 1.95 bits per heavy atom. The highest BCUT2D eigenvalue weighted by Crippen LogP contribution is 2.37. The van der Waals surface area contributed by atoms with Gasteiger partial charge in [-0.05, 0) is 41.7 Å². The van der Waals surface area contributed by atoms with Crippen molar-refractivity contribution in [3.05, 3.63) is 70.2 Å². The standard InChI is InChI=1S/C17H16ClN/c1-19-17-10-9-14(12-5-4-6-13(18)11-12)15-7-2-3-8-16(15)17/h2-8,11,14H,9-10H2,1H3. The molecule has 0 spiro atoms. The third-order valence-electron chi connectivity index (χ3n) is 3.84. The van der Waals surface area contributed by atoms with Gasteiger partial charge in [-0.2, -0.15) is 0 Å². The zero-order valence-corrected chi connectivity index (χ0v) is 11.7. The van der Waals surface area contributed by atoms with Gasteiger partial charge in [-0.3, -0.25) is 4.99 Å². The van der Waals surface area contributed by atoms with Gasteiger partial charge in [0, 0.05) is 23.7 Å². The molecule has 0 aromatic heterocycles. The van der Waals surface area contributed by atoms with Crippen LogP contribution in [0, 0.1) is 0 Å². The first-order chi connectivity index (χ1) is 9.29. The van der Waals surface area contributed by atoms with E-state index < -0.39 is 0 Å². The van der Waals surface area contributed by atoms with Gasteiger partial charge in [-0.1, -0.05) is 48.0 Å². The van der Waals surface area contributed by atoms with Gasteiger partial charge in [0.2, 0.25) is 0 Å². The minimum Gasteiger partial charge on any atom is -0.292 e. The molecule has 0 fully saturated rings. The van der Waals surface area contributed by atoms with Crippen LogP contribution in [0.3, 0.4) is 0 Å². The predicted octanol–water partition coefficient (Wildman–Crippen LogP) is 4.68. The summed E-state index contributed by atoms with van der Waals surface area (Å²) in [6.07, 6.45) is 2.13. The lowest BCUT2D eigenvalue weighted by molar-refractivity contribution is 0.722. The van der Waals surface area contributed by atoms with Gasteiger partial charge in [0.1, 0.15) is 0 Å². The van der Waals surface area contributed by atoms with Crippen molar-refractivity contribution < 1.29 is 0 Å². The summed E-state index contributed by atoms with van der Waals surface area (Å²) >= 11 is 6.12. The highest BCUT2D eigenvalue weighted by Gasteiger charge is 2.24. The summed E-state index contributed by atoms with van der Waals surface area (Å²) in [6.45, 7) is 0. The van der Waals surface area contributed by atoms with Crippen LogP contribution >= 0.6 is 11.6 Å². The van der Waals surface area contributed by atoms with Gasteiger partial charge in [-0.25, -0.2) is 0 Å². The fraction of sp³-hybridized carbons (Fsp3) is 0.235. The largest absolute Gasteiger partial charge is 0.292 e. The predicted molar refractivity (Wildman–Crippen MR) is 81.4 cm³/mol. The average molecular weight is 270 g/mol. The van der Waals surface area contributed by atoms with Crippen molar-refractivity contribution in [2.24, 2.45) is 4.99 Å². The Labute approximate surface area is 119 Å². The maximum atomic E-state index is 6.12. The zero-order chi connectivity index (χ0) is 13.2. The molecule has 0 heterocycles. The third-order valence-corrected chi connectivity index (χ3v) is 4.07. The van der Waals surface area contributed by atoms with E-state index in [1.807, 2.05) is 19.2 Å². The lowest BCUT2D eigenvalue weighted by Crippen LogP contribution is -2.17. The molecule has 96 valence electrons. The van der Waals surface area contributed by atoms with Crippen LogP contribution in [-0.4, -0.2) is 12.8 Å². The quantitative estimate of drug-likeness (QED) is 0.712. The van der Waals surface area contributed by atoms with Crippen LogP contribution < -0.4 is 0 Å². The lowest BCUT2D eigenvalue weighted by Gasteiger charge is -2.27. The summed E-state index contributed by atoms with van der Waals surface area (Å²) < 4.78 is 0. The number of nitrogens with zero attached hydrogens (tertiary/aromatic N) is 1. The van der Waals surface area contributed by atoms with Crippen LogP contribution in [0.4, 0.5) is 0 Å². The summed E-state index contributed by atoms with van der Waals surface area (Å²) in [5.74, 6) is 0.431. The zero-order valence-electron chi connectivity index (χ0n) is 10.9. The first-order valence-corrected chi connectivity index (χ1v) is 6.98. The Morgan fingerprint density at radius 3 is 2.74 bits per heavy atom. The van der Waals surface area contributed by atoms with Crippen LogP contribution in [-0.2, 0) is 0 Å². The van der Waals surface area contributed by atoms with E-state index in [1.165, 1.54) is 22.4 Å². The summed E-state index contributed by atoms with van der Waals surface area (Å²) in [5, 5.41) is 0.810. The van der Waals surface area contributed by atoms with Crippen molar-refractivity contribution in [3.8, 4) is 0 Å². The molecule has 19 heavy (non-hydrogen) atoms. The van der Waals surface area contributed by atoms with Crippen molar-refractivity contribution in [2.45, 2.75) is 18.8 Å². The van der Waals surface area contributed by atoms with E-state index in [1.54, 1.807) is 0 Å². The molecule has 0 saturated carbocycles. The first-order valence-electron chi connectivity index (χ1n) is 6.60. The topological polar surface area (TPSA) is 12.4 Å². The van der Waals surface area contributed by atoms with Gasteiger partial charge in [-0.15, -0.1) is 0 Å². The summed E-state index contributed by atoms with van der Waals surface area (Å²) in [7, 11) is 1.88. The lowest BCUT2D eigenvalue weighted by atomic mass is 9.78. The van der Waals surface area contributed by atoms with Crippen molar-refractivity contribution >= 4 is 17.3 Å². The second-order valence-corrected chi connectivity index (χ2v) is 5.34. The fourth-order valence-corrected chi connectivity index (χ4v) is 3.14. The van der Waals surface area contributed by atoms with Crippen LogP contribution in [0.1, 0.15) is 35.4 Å². The van der Waals surface area contributed by atoms with E-state index in [0.717, 1.165) is 17.9 Å². The Hall–Kier alpha value is -1.60. The van der Waals surface area contributed by atoms with Crippen LogP contribution in [0.2, 0.25) is 5.02 Å². The molecule has 2 heteroatoms. The minimum absolute atomic E-state index is 0.431. The molecular weight excluding hydrogens is 254 g/mol. The Morgan fingerprint density at radius 1 is 1.11 bits per heavy atom. The van der Waals surface area contributed by atoms with Crippen molar-refractivity contribution in [1.29, 1.82) is 0 Å². The maximum Gasteiger partial charge on any atom is 0.0420 e. The van der Waals surface area contributed by atoms with Crippen LogP contribution in [0.25, 0.3) is 0 Å². The highest BCUT2D eigenvalue weighted by atomic mass is 35.5. The van der Waals surface area contributed by atoms with Crippen molar-refractivity contribution in [3.63, 3.8) is 0 Å². The van der Waals surface area contributed by atoms with E-state index in [4.69, 9.17) is 11.6 Å². The Bertz CT molecular complexity index is 631. The number of hydrogen-bond donors (Lipinski definition) is 0. The van der Waals surface area contributed by atoms with E-state index >= 15 is 0 Å². The van der Waals surface area contributed by atoms with Gasteiger partial charge < -0.3 is 0 Å². The Kier molecular flexibility index (Phi) is 3.39. The number of hydrogen-bond acceptors (Lipinski definition) is 1. The second kappa shape index (κ2) is 5.18. The molecule has 2 aromatic carbocycles. The maximum absolute atomic E-state index is 6.12. The molecule has 1 aliphatic carbocycles. The molecule has 1 unspecified atom stereocenters. The number of halogens is 1. The second-order valence-electron chi connectivity index (χ2n) is 4.90. The Balaban J connectivity index is 2.10. The van der Waals surface area contributed by atoms with Crippen molar-refractivity contribution in [2.75, 3.05) is 7.05 Å². The normalized spacial score (nSPS) is 20.3. The number of aliphatic imine (C=N–C) groups is 1. The number of fused-ring (bicyclic) bond motifs is 1. The number of rotatable bonds is 1. The molecule has 0 amide bonds. The summed E-state index contributed by atoms with van der Waals surface area (Å²) in [6, 6.07) is 16.8. The van der Waals surface area contributed by atoms with E-state index in [-0.39, 0.29) is 0 Å². The van der Waals surface area contributed by atoms with Gasteiger partial charge in [0.25, 0.3) is 0 Å². The van der Waals surface area contributed by atoms with E-state index in [2.05, 4.69) is 41.4 Å². The molecule has 1 atom stereocenters. The molecule has 1 aliphatic rings. The molecule has 0 saturated heterocycles. The molecule has 0 bridgehead atoms. The summed E-state index contributed by atoms with van der Waals surface area (Å²) in [5.41, 5.74) is 5.18. The molecule has 0 aliphatic heterocycles. The van der Waals surface area contributed by atoms with Crippen molar-refractivity contribution in [1.82, 2.24) is 0 Å².